The molecule has 0 unspecified atom stereocenters. The minimum absolute atomic E-state index is 0.130. The first-order valence-electron chi connectivity index (χ1n) is 12.3. The molecule has 0 bridgehead atoms. The summed E-state index contributed by atoms with van der Waals surface area (Å²) in [5, 5.41) is 8.93. The number of anilines is 3. The van der Waals surface area contributed by atoms with Gasteiger partial charge in [0, 0.05) is 50.2 Å². The van der Waals surface area contributed by atoms with Crippen molar-refractivity contribution in [3.63, 3.8) is 0 Å². The lowest BCUT2D eigenvalue weighted by Crippen LogP contribution is -2.40. The minimum Gasteiger partial charge on any atom is -0.340 e. The molecule has 36 heavy (non-hydrogen) atoms. The lowest BCUT2D eigenvalue weighted by Gasteiger charge is -2.36. The van der Waals surface area contributed by atoms with Gasteiger partial charge in [-0.05, 0) is 72.9 Å². The van der Waals surface area contributed by atoms with Crippen molar-refractivity contribution in [1.29, 1.82) is 0 Å². The number of thioether (sulfide) groups is 1. The molecule has 2 aromatic heterocycles. The number of benzene rings is 2. The van der Waals surface area contributed by atoms with Crippen LogP contribution in [0.3, 0.4) is 0 Å². The summed E-state index contributed by atoms with van der Waals surface area (Å²) in [6, 6.07) is 18.4. The van der Waals surface area contributed by atoms with Gasteiger partial charge in [0.2, 0.25) is 5.91 Å². The summed E-state index contributed by atoms with van der Waals surface area (Å²) in [5.74, 6) is 7.36. The highest BCUT2D eigenvalue weighted by molar-refractivity contribution is 7.99. The molecule has 6 heteroatoms. The Hall–Kier alpha value is -3.82. The van der Waals surface area contributed by atoms with Crippen LogP contribution in [0.15, 0.2) is 71.9 Å². The van der Waals surface area contributed by atoms with E-state index in [9.17, 15) is 4.79 Å². The van der Waals surface area contributed by atoms with Crippen LogP contribution in [-0.2, 0) is 10.2 Å². The molecule has 3 heterocycles. The van der Waals surface area contributed by atoms with Crippen LogP contribution >= 0.6 is 11.8 Å². The first kappa shape index (κ1) is 22.6. The number of rotatable bonds is 4. The Labute approximate surface area is 215 Å². The fourth-order valence-electron chi connectivity index (χ4n) is 4.94. The Balaban J connectivity index is 1.26. The van der Waals surface area contributed by atoms with E-state index in [1.165, 1.54) is 4.90 Å². The number of hydrogen-bond acceptors (Lipinski definition) is 5. The summed E-state index contributed by atoms with van der Waals surface area (Å²) in [6.45, 7) is 4.38. The van der Waals surface area contributed by atoms with Crippen molar-refractivity contribution in [2.24, 2.45) is 0 Å². The number of carbonyl (C=O) groups excluding carboxylic acids is 1. The van der Waals surface area contributed by atoms with Crippen LogP contribution in [0.2, 0.25) is 0 Å². The van der Waals surface area contributed by atoms with Gasteiger partial charge in [0.15, 0.2) is 0 Å². The standard InChI is InChI=1S/C30H26N4OS/c1-19(2)36-23-8-6-22(7-9-23)33-28-17-24-21(18-32-28)12-15-31-26(24)11-5-20-4-10-25-27(16-20)34-29(35)30(25)13-3-14-30/h4,6-10,12,15-19H,3,13-14H2,1-2H3,(H,32,33)(H,34,35). The van der Waals surface area contributed by atoms with Crippen LogP contribution in [0.1, 0.15) is 49.9 Å². The normalized spacial score (nSPS) is 15.2. The molecule has 1 amide bonds. The highest BCUT2D eigenvalue weighted by atomic mass is 32.2. The number of pyridine rings is 2. The van der Waals surface area contributed by atoms with Gasteiger partial charge in [0.25, 0.3) is 0 Å². The van der Waals surface area contributed by atoms with Crippen molar-refractivity contribution >= 4 is 45.6 Å². The number of nitrogens with zero attached hydrogens (tertiary/aromatic N) is 2. The van der Waals surface area contributed by atoms with E-state index < -0.39 is 0 Å². The molecule has 0 atom stereocenters. The summed E-state index contributed by atoms with van der Waals surface area (Å²) in [6.07, 6.45) is 6.58. The molecule has 1 fully saturated rings. The molecule has 1 aliphatic carbocycles. The van der Waals surface area contributed by atoms with Crippen LogP contribution < -0.4 is 10.6 Å². The molecule has 178 valence electrons. The van der Waals surface area contributed by atoms with Gasteiger partial charge in [-0.2, -0.15) is 0 Å². The lowest BCUT2D eigenvalue weighted by atomic mass is 9.65. The van der Waals surface area contributed by atoms with Gasteiger partial charge in [0.05, 0.1) is 5.41 Å². The van der Waals surface area contributed by atoms with E-state index in [1.807, 2.05) is 42.2 Å². The Bertz CT molecular complexity index is 1550. The van der Waals surface area contributed by atoms with Gasteiger partial charge in [-0.1, -0.05) is 32.3 Å². The van der Waals surface area contributed by atoms with Gasteiger partial charge < -0.3 is 10.6 Å². The van der Waals surface area contributed by atoms with Crippen LogP contribution in [0.4, 0.5) is 17.2 Å². The molecule has 4 aromatic rings. The Morgan fingerprint density at radius 2 is 1.86 bits per heavy atom. The monoisotopic (exact) mass is 490 g/mol. The average Bonchev–Trinajstić information content (AvgIpc) is 3.15. The van der Waals surface area contributed by atoms with E-state index in [0.717, 1.165) is 58.4 Å². The summed E-state index contributed by atoms with van der Waals surface area (Å²) in [5.41, 5.74) is 4.24. The van der Waals surface area contributed by atoms with Gasteiger partial charge >= 0.3 is 0 Å². The Morgan fingerprint density at radius 1 is 1.03 bits per heavy atom. The van der Waals surface area contributed by atoms with Crippen LogP contribution in [-0.4, -0.2) is 21.1 Å². The number of aromatic nitrogens is 2. The van der Waals surface area contributed by atoms with Crippen molar-refractivity contribution in [2.45, 2.75) is 48.7 Å². The van der Waals surface area contributed by atoms with E-state index in [1.54, 1.807) is 6.20 Å². The third kappa shape index (κ3) is 4.10. The second-order valence-electron chi connectivity index (χ2n) is 9.67. The SMILES string of the molecule is CC(C)Sc1ccc(Nc2cc3c(C#Cc4ccc5c(c4)NC(=O)C54CCC4)nccc3cn2)cc1. The molecule has 6 rings (SSSR count). The van der Waals surface area contributed by atoms with Crippen molar-refractivity contribution in [3.05, 3.63) is 83.8 Å². The molecule has 1 spiro atoms. The van der Waals surface area contributed by atoms with Crippen molar-refractivity contribution in [3.8, 4) is 11.8 Å². The van der Waals surface area contributed by atoms with Crippen LogP contribution in [0.5, 0.6) is 0 Å². The first-order valence-corrected chi connectivity index (χ1v) is 13.1. The number of nitrogens with one attached hydrogen (secondary N) is 2. The smallest absolute Gasteiger partial charge is 0.235 e. The minimum atomic E-state index is -0.303. The molecule has 1 aliphatic heterocycles. The largest absolute Gasteiger partial charge is 0.340 e. The number of carbonyl (C=O) groups is 1. The third-order valence-electron chi connectivity index (χ3n) is 6.90. The molecule has 2 aliphatic rings. The Kier molecular flexibility index (Phi) is 5.66. The van der Waals surface area contributed by atoms with Gasteiger partial charge in [-0.15, -0.1) is 11.8 Å². The van der Waals surface area contributed by atoms with Crippen molar-refractivity contribution in [2.75, 3.05) is 10.6 Å². The van der Waals surface area contributed by atoms with E-state index >= 15 is 0 Å². The van der Waals surface area contributed by atoms with E-state index in [0.29, 0.717) is 10.9 Å². The van der Waals surface area contributed by atoms with Gasteiger partial charge in [-0.3, -0.25) is 4.79 Å². The molecule has 2 N–H and O–H groups in total. The summed E-state index contributed by atoms with van der Waals surface area (Å²) in [4.78, 5) is 22.9. The third-order valence-corrected chi connectivity index (χ3v) is 7.91. The molecular formula is C30H26N4OS. The quantitative estimate of drug-likeness (QED) is 0.248. The summed E-state index contributed by atoms with van der Waals surface area (Å²) in [7, 11) is 0. The van der Waals surface area contributed by atoms with E-state index in [2.05, 4.69) is 76.6 Å². The Morgan fingerprint density at radius 3 is 2.61 bits per heavy atom. The fourth-order valence-corrected chi connectivity index (χ4v) is 5.77. The topological polar surface area (TPSA) is 66.9 Å². The highest BCUT2D eigenvalue weighted by Crippen LogP contribution is 2.51. The number of hydrogen-bond donors (Lipinski definition) is 2. The maximum absolute atomic E-state index is 12.5. The number of amides is 1. The molecular weight excluding hydrogens is 464 g/mol. The van der Waals surface area contributed by atoms with Crippen LogP contribution in [0, 0.1) is 11.8 Å². The van der Waals surface area contributed by atoms with Crippen molar-refractivity contribution < 1.29 is 4.79 Å². The highest BCUT2D eigenvalue weighted by Gasteiger charge is 2.50. The summed E-state index contributed by atoms with van der Waals surface area (Å²) < 4.78 is 0. The maximum Gasteiger partial charge on any atom is 0.235 e. The van der Waals surface area contributed by atoms with E-state index in [4.69, 9.17) is 0 Å². The average molecular weight is 491 g/mol. The second kappa shape index (κ2) is 9.00. The maximum atomic E-state index is 12.5. The first-order chi connectivity index (χ1) is 17.5. The zero-order chi connectivity index (χ0) is 24.7. The second-order valence-corrected chi connectivity index (χ2v) is 11.3. The molecule has 2 aromatic carbocycles. The lowest BCUT2D eigenvalue weighted by molar-refractivity contribution is -0.123. The number of fused-ring (bicyclic) bond motifs is 3. The summed E-state index contributed by atoms with van der Waals surface area (Å²) >= 11 is 1.84. The predicted molar refractivity (Wildman–Crippen MR) is 147 cm³/mol. The molecule has 1 saturated carbocycles. The van der Waals surface area contributed by atoms with Crippen LogP contribution in [0.25, 0.3) is 10.8 Å². The molecule has 5 nitrogen and oxygen atoms in total. The molecule has 0 saturated heterocycles. The van der Waals surface area contributed by atoms with Crippen molar-refractivity contribution in [1.82, 2.24) is 9.97 Å². The predicted octanol–water partition coefficient (Wildman–Crippen LogP) is 6.65. The van der Waals surface area contributed by atoms with E-state index in [-0.39, 0.29) is 11.3 Å². The van der Waals surface area contributed by atoms with Gasteiger partial charge in [0.1, 0.15) is 11.5 Å². The zero-order valence-electron chi connectivity index (χ0n) is 20.3. The fraction of sp³-hybridized carbons (Fsp3) is 0.233. The molecule has 0 radical (unpaired) electrons. The zero-order valence-corrected chi connectivity index (χ0v) is 21.1. The van der Waals surface area contributed by atoms with Gasteiger partial charge in [-0.25, -0.2) is 9.97 Å².